The first kappa shape index (κ1) is 21.6. The SMILES string of the molecule is CCC(C(=O)NCc1ccc2c(c1)OCO2)N1CCN(Cc2ccc(F)cc2)C(=O)C1=O. The predicted molar refractivity (Wildman–Crippen MR) is 112 cm³/mol. The summed E-state index contributed by atoms with van der Waals surface area (Å²) in [6.07, 6.45) is 0.379. The molecular formula is C23H24FN3O5. The Labute approximate surface area is 184 Å². The van der Waals surface area contributed by atoms with E-state index in [1.807, 2.05) is 6.07 Å². The van der Waals surface area contributed by atoms with Crippen LogP contribution in [0.2, 0.25) is 0 Å². The second-order valence-corrected chi connectivity index (χ2v) is 7.68. The summed E-state index contributed by atoms with van der Waals surface area (Å²) in [6, 6.07) is 10.5. The summed E-state index contributed by atoms with van der Waals surface area (Å²) in [4.78, 5) is 41.0. The number of nitrogens with zero attached hydrogens (tertiary/aromatic N) is 2. The number of rotatable bonds is 7. The molecule has 2 heterocycles. The number of fused-ring (bicyclic) bond motifs is 1. The molecule has 2 aliphatic rings. The minimum Gasteiger partial charge on any atom is -0.454 e. The van der Waals surface area contributed by atoms with Crippen LogP contribution >= 0.6 is 0 Å². The molecule has 1 unspecified atom stereocenters. The monoisotopic (exact) mass is 441 g/mol. The van der Waals surface area contributed by atoms with Gasteiger partial charge in [-0.1, -0.05) is 25.1 Å². The quantitative estimate of drug-likeness (QED) is 0.663. The van der Waals surface area contributed by atoms with Gasteiger partial charge >= 0.3 is 11.8 Å². The van der Waals surface area contributed by atoms with Crippen LogP contribution in [0, 0.1) is 5.82 Å². The van der Waals surface area contributed by atoms with E-state index in [1.165, 1.54) is 21.9 Å². The van der Waals surface area contributed by atoms with Crippen LogP contribution in [-0.4, -0.2) is 53.4 Å². The fraction of sp³-hybridized carbons (Fsp3) is 0.348. The number of ether oxygens (including phenoxy) is 2. The highest BCUT2D eigenvalue weighted by Crippen LogP contribution is 2.32. The van der Waals surface area contributed by atoms with Crippen molar-refractivity contribution in [2.45, 2.75) is 32.5 Å². The highest BCUT2D eigenvalue weighted by molar-refractivity contribution is 6.35. The summed E-state index contributed by atoms with van der Waals surface area (Å²) in [6.45, 7) is 3.00. The van der Waals surface area contributed by atoms with Crippen LogP contribution in [0.4, 0.5) is 4.39 Å². The van der Waals surface area contributed by atoms with E-state index < -0.39 is 17.9 Å². The van der Waals surface area contributed by atoms with Crippen molar-refractivity contribution in [3.05, 3.63) is 59.4 Å². The van der Waals surface area contributed by atoms with Crippen LogP contribution in [0.5, 0.6) is 11.5 Å². The predicted octanol–water partition coefficient (Wildman–Crippen LogP) is 1.82. The molecule has 1 N–H and O–H groups in total. The number of benzene rings is 2. The molecule has 1 fully saturated rings. The summed E-state index contributed by atoms with van der Waals surface area (Å²) < 4.78 is 23.7. The van der Waals surface area contributed by atoms with E-state index in [0.717, 1.165) is 11.1 Å². The maximum absolute atomic E-state index is 13.1. The highest BCUT2D eigenvalue weighted by atomic mass is 19.1. The minimum atomic E-state index is -0.742. The molecule has 32 heavy (non-hydrogen) atoms. The molecule has 0 radical (unpaired) electrons. The summed E-state index contributed by atoms with van der Waals surface area (Å²) in [7, 11) is 0. The standard InChI is InChI=1S/C23H24FN3O5/c1-2-18(21(28)25-12-16-5-8-19-20(11-16)32-14-31-19)27-10-9-26(22(29)23(27)30)13-15-3-6-17(24)7-4-15/h3-8,11,18H,2,9-10,12-14H2,1H3,(H,25,28). The molecule has 1 saturated heterocycles. The average molecular weight is 441 g/mol. The maximum Gasteiger partial charge on any atom is 0.312 e. The van der Waals surface area contributed by atoms with Gasteiger partial charge in [-0.3, -0.25) is 14.4 Å². The molecule has 8 nitrogen and oxygen atoms in total. The molecule has 168 valence electrons. The smallest absolute Gasteiger partial charge is 0.312 e. The van der Waals surface area contributed by atoms with Crippen LogP contribution < -0.4 is 14.8 Å². The third kappa shape index (κ3) is 4.51. The molecule has 2 aromatic rings. The number of hydrogen-bond acceptors (Lipinski definition) is 5. The van der Waals surface area contributed by atoms with Crippen molar-refractivity contribution in [2.24, 2.45) is 0 Å². The Morgan fingerprint density at radius 3 is 2.50 bits per heavy atom. The van der Waals surface area contributed by atoms with E-state index in [4.69, 9.17) is 9.47 Å². The molecular weight excluding hydrogens is 417 g/mol. The lowest BCUT2D eigenvalue weighted by Gasteiger charge is -2.37. The summed E-state index contributed by atoms with van der Waals surface area (Å²) in [5.41, 5.74) is 1.57. The van der Waals surface area contributed by atoms with Crippen LogP contribution in [0.25, 0.3) is 0 Å². The third-order valence-electron chi connectivity index (χ3n) is 5.60. The van der Waals surface area contributed by atoms with Crippen molar-refractivity contribution in [2.75, 3.05) is 19.9 Å². The molecule has 2 aromatic carbocycles. The molecule has 0 bridgehead atoms. The first-order chi connectivity index (χ1) is 15.5. The Kier molecular flexibility index (Phi) is 6.25. The molecule has 3 amide bonds. The van der Waals surface area contributed by atoms with E-state index in [1.54, 1.807) is 31.2 Å². The number of carbonyl (C=O) groups excluding carboxylic acids is 3. The van der Waals surface area contributed by atoms with Gasteiger partial charge in [0.15, 0.2) is 11.5 Å². The van der Waals surface area contributed by atoms with Crippen LogP contribution in [0.3, 0.4) is 0 Å². The number of carbonyl (C=O) groups is 3. The second kappa shape index (κ2) is 9.25. The molecule has 0 saturated carbocycles. The Balaban J connectivity index is 1.36. The third-order valence-corrected chi connectivity index (χ3v) is 5.60. The van der Waals surface area contributed by atoms with Crippen molar-refractivity contribution in [1.82, 2.24) is 15.1 Å². The van der Waals surface area contributed by atoms with Gasteiger partial charge in [0, 0.05) is 26.2 Å². The first-order valence-electron chi connectivity index (χ1n) is 10.5. The maximum atomic E-state index is 13.1. The number of halogens is 1. The minimum absolute atomic E-state index is 0.173. The van der Waals surface area contributed by atoms with Gasteiger partial charge in [0.05, 0.1) is 0 Å². The molecule has 0 aromatic heterocycles. The fourth-order valence-electron chi connectivity index (χ4n) is 3.85. The second-order valence-electron chi connectivity index (χ2n) is 7.68. The van der Waals surface area contributed by atoms with Gasteiger partial charge in [-0.25, -0.2) is 4.39 Å². The average Bonchev–Trinajstić information content (AvgIpc) is 3.27. The zero-order valence-electron chi connectivity index (χ0n) is 17.7. The lowest BCUT2D eigenvalue weighted by molar-refractivity contribution is -0.159. The van der Waals surface area contributed by atoms with E-state index in [0.29, 0.717) is 24.5 Å². The van der Waals surface area contributed by atoms with Gasteiger partial charge in [0.25, 0.3) is 0 Å². The number of nitrogens with one attached hydrogen (secondary N) is 1. The van der Waals surface area contributed by atoms with Crippen LogP contribution in [0.1, 0.15) is 24.5 Å². The first-order valence-corrected chi connectivity index (χ1v) is 10.5. The molecule has 1 atom stereocenters. The van der Waals surface area contributed by atoms with Gasteiger partial charge < -0.3 is 24.6 Å². The zero-order valence-corrected chi connectivity index (χ0v) is 17.7. The van der Waals surface area contributed by atoms with Gasteiger partial charge in [0.1, 0.15) is 11.9 Å². The van der Waals surface area contributed by atoms with E-state index >= 15 is 0 Å². The van der Waals surface area contributed by atoms with Gasteiger partial charge in [-0.15, -0.1) is 0 Å². The largest absolute Gasteiger partial charge is 0.454 e. The molecule has 2 aliphatic heterocycles. The van der Waals surface area contributed by atoms with Crippen molar-refractivity contribution in [1.29, 1.82) is 0 Å². The van der Waals surface area contributed by atoms with E-state index in [2.05, 4.69) is 5.32 Å². The Morgan fingerprint density at radius 1 is 1.03 bits per heavy atom. The van der Waals surface area contributed by atoms with Crippen LogP contribution in [-0.2, 0) is 27.5 Å². The topological polar surface area (TPSA) is 88.2 Å². The Morgan fingerprint density at radius 2 is 1.75 bits per heavy atom. The summed E-state index contributed by atoms with van der Waals surface area (Å²) in [5.74, 6) is -0.765. The van der Waals surface area contributed by atoms with E-state index in [9.17, 15) is 18.8 Å². The van der Waals surface area contributed by atoms with Gasteiger partial charge in [-0.2, -0.15) is 0 Å². The highest BCUT2D eigenvalue weighted by Gasteiger charge is 2.38. The molecule has 9 heteroatoms. The summed E-state index contributed by atoms with van der Waals surface area (Å²) >= 11 is 0. The Bertz CT molecular complexity index is 1030. The van der Waals surface area contributed by atoms with Gasteiger partial charge in [0.2, 0.25) is 12.7 Å². The summed E-state index contributed by atoms with van der Waals surface area (Å²) in [5, 5.41) is 2.84. The van der Waals surface area contributed by atoms with Crippen LogP contribution in [0.15, 0.2) is 42.5 Å². The lowest BCUT2D eigenvalue weighted by Crippen LogP contribution is -2.59. The number of piperazine rings is 1. The van der Waals surface area contributed by atoms with E-state index in [-0.39, 0.29) is 38.2 Å². The van der Waals surface area contributed by atoms with Crippen molar-refractivity contribution >= 4 is 17.7 Å². The fourth-order valence-corrected chi connectivity index (χ4v) is 3.85. The van der Waals surface area contributed by atoms with Crippen molar-refractivity contribution in [3.63, 3.8) is 0 Å². The molecule has 4 rings (SSSR count). The van der Waals surface area contributed by atoms with Crippen molar-refractivity contribution in [3.8, 4) is 11.5 Å². The molecule has 0 spiro atoms. The Hall–Kier alpha value is -3.62. The molecule has 0 aliphatic carbocycles. The normalized spacial score (nSPS) is 16.3. The lowest BCUT2D eigenvalue weighted by atomic mass is 10.1. The van der Waals surface area contributed by atoms with Crippen molar-refractivity contribution < 1.29 is 28.2 Å². The number of hydrogen-bond donors (Lipinski definition) is 1. The zero-order chi connectivity index (χ0) is 22.7. The number of amides is 3. The van der Waals surface area contributed by atoms with Gasteiger partial charge in [-0.05, 0) is 41.8 Å².